The first-order chi connectivity index (χ1) is 14.7. The Morgan fingerprint density at radius 3 is 2.55 bits per heavy atom. The molecule has 2 aromatic carbocycles. The lowest BCUT2D eigenvalue weighted by Crippen LogP contribution is -2.47. The first-order valence-electron chi connectivity index (χ1n) is 9.70. The topological polar surface area (TPSA) is 137 Å². The van der Waals surface area contributed by atoms with Crippen LogP contribution in [0.2, 0.25) is 0 Å². The minimum absolute atomic E-state index is 0.0631. The van der Waals surface area contributed by atoms with Gasteiger partial charge in [-0.2, -0.15) is 4.72 Å². The van der Waals surface area contributed by atoms with Crippen LogP contribution in [0.15, 0.2) is 41.3 Å². The quantitative estimate of drug-likeness (QED) is 0.529. The third-order valence-corrected chi connectivity index (χ3v) is 6.45. The summed E-state index contributed by atoms with van der Waals surface area (Å²) in [6, 6.07) is 8.99. The predicted molar refractivity (Wildman–Crippen MR) is 113 cm³/mol. The number of primary amides is 1. The van der Waals surface area contributed by atoms with Gasteiger partial charge < -0.3 is 20.5 Å². The Balaban J connectivity index is 1.73. The van der Waals surface area contributed by atoms with E-state index in [1.165, 1.54) is 6.07 Å². The third-order valence-electron chi connectivity index (χ3n) is 4.82. The summed E-state index contributed by atoms with van der Waals surface area (Å²) in [6.45, 7) is 3.82. The van der Waals surface area contributed by atoms with Gasteiger partial charge in [0.1, 0.15) is 6.04 Å². The van der Waals surface area contributed by atoms with E-state index in [0.717, 1.165) is 11.1 Å². The molecule has 31 heavy (non-hydrogen) atoms. The molecule has 1 unspecified atom stereocenters. The van der Waals surface area contributed by atoms with Crippen molar-refractivity contribution in [3.05, 3.63) is 53.1 Å². The molecular formula is C21H25N3O6S. The summed E-state index contributed by atoms with van der Waals surface area (Å²) in [7, 11) is -3.99. The van der Waals surface area contributed by atoms with Gasteiger partial charge in [0.2, 0.25) is 28.6 Å². The van der Waals surface area contributed by atoms with Crippen LogP contribution < -0.4 is 25.2 Å². The SMILES string of the molecule is Cc1ccc(S(=O)(=O)NC(CCC(N)=O)C(=O)NCc2ccc3c(c2)OCO3)c(C)c1. The maximum Gasteiger partial charge on any atom is 0.241 e. The zero-order valence-corrected chi connectivity index (χ0v) is 18.1. The number of fused-ring (bicyclic) bond motifs is 1. The van der Waals surface area contributed by atoms with Crippen LogP contribution in [0.4, 0.5) is 0 Å². The number of sulfonamides is 1. The highest BCUT2D eigenvalue weighted by Gasteiger charge is 2.27. The molecule has 3 rings (SSSR count). The van der Waals surface area contributed by atoms with Gasteiger partial charge in [-0.1, -0.05) is 23.8 Å². The zero-order chi connectivity index (χ0) is 22.6. The van der Waals surface area contributed by atoms with Crippen LogP contribution >= 0.6 is 0 Å². The largest absolute Gasteiger partial charge is 0.454 e. The van der Waals surface area contributed by atoms with E-state index in [2.05, 4.69) is 10.0 Å². The number of nitrogens with one attached hydrogen (secondary N) is 2. The molecule has 0 spiro atoms. The second-order valence-electron chi connectivity index (χ2n) is 7.35. The summed E-state index contributed by atoms with van der Waals surface area (Å²) in [5, 5.41) is 2.70. The van der Waals surface area contributed by atoms with Crippen LogP contribution in [0, 0.1) is 13.8 Å². The molecule has 1 aliphatic heterocycles. The standard InChI is InChI=1S/C21H25N3O6S/c1-13-3-7-19(14(2)9-13)31(27,28)24-16(5-8-20(22)25)21(26)23-11-15-4-6-17-18(10-15)30-12-29-17/h3-4,6-7,9-10,16,24H,5,8,11-12H2,1-2H3,(H2,22,25)(H,23,26). The molecule has 0 aromatic heterocycles. The number of benzene rings is 2. The fraction of sp³-hybridized carbons (Fsp3) is 0.333. The first kappa shape index (κ1) is 22.6. The summed E-state index contributed by atoms with van der Waals surface area (Å²) in [6.07, 6.45) is -0.204. The van der Waals surface area contributed by atoms with Gasteiger partial charge in [0.15, 0.2) is 11.5 Å². The molecule has 2 amide bonds. The number of carbonyl (C=O) groups is 2. The molecule has 2 aromatic rings. The summed E-state index contributed by atoms with van der Waals surface area (Å²) in [5.74, 6) is 0.00903. The number of carbonyl (C=O) groups excluding carboxylic acids is 2. The first-order valence-corrected chi connectivity index (χ1v) is 11.2. The second kappa shape index (κ2) is 9.36. The lowest BCUT2D eigenvalue weighted by Gasteiger charge is -2.19. The van der Waals surface area contributed by atoms with Gasteiger partial charge in [-0.25, -0.2) is 8.42 Å². The van der Waals surface area contributed by atoms with Gasteiger partial charge in [0.05, 0.1) is 4.90 Å². The molecule has 0 bridgehead atoms. The Morgan fingerprint density at radius 2 is 1.84 bits per heavy atom. The van der Waals surface area contributed by atoms with Crippen molar-refractivity contribution >= 4 is 21.8 Å². The summed E-state index contributed by atoms with van der Waals surface area (Å²) >= 11 is 0. The van der Waals surface area contributed by atoms with Crippen LogP contribution in [-0.2, 0) is 26.2 Å². The van der Waals surface area contributed by atoms with Crippen molar-refractivity contribution in [1.29, 1.82) is 0 Å². The number of ether oxygens (including phenoxy) is 2. The minimum atomic E-state index is -3.99. The highest BCUT2D eigenvalue weighted by molar-refractivity contribution is 7.89. The van der Waals surface area contributed by atoms with Crippen LogP contribution in [0.5, 0.6) is 11.5 Å². The van der Waals surface area contributed by atoms with Gasteiger partial charge in [-0.3, -0.25) is 9.59 Å². The smallest absolute Gasteiger partial charge is 0.241 e. The molecule has 1 atom stereocenters. The number of aryl methyl sites for hydroxylation is 2. The number of rotatable bonds is 9. The lowest BCUT2D eigenvalue weighted by atomic mass is 10.1. The lowest BCUT2D eigenvalue weighted by molar-refractivity contribution is -0.123. The van der Waals surface area contributed by atoms with Crippen molar-refractivity contribution < 1.29 is 27.5 Å². The van der Waals surface area contributed by atoms with E-state index >= 15 is 0 Å². The summed E-state index contributed by atoms with van der Waals surface area (Å²) < 4.78 is 38.8. The molecule has 9 nitrogen and oxygen atoms in total. The summed E-state index contributed by atoms with van der Waals surface area (Å²) in [4.78, 5) is 24.1. The maximum absolute atomic E-state index is 12.9. The van der Waals surface area contributed by atoms with E-state index < -0.39 is 27.9 Å². The average molecular weight is 448 g/mol. The van der Waals surface area contributed by atoms with Crippen LogP contribution in [0.3, 0.4) is 0 Å². The van der Waals surface area contributed by atoms with Crippen LogP contribution in [0.25, 0.3) is 0 Å². The van der Waals surface area contributed by atoms with Gasteiger partial charge in [0.25, 0.3) is 0 Å². The monoisotopic (exact) mass is 447 g/mol. The highest BCUT2D eigenvalue weighted by Crippen LogP contribution is 2.32. The van der Waals surface area contributed by atoms with Crippen molar-refractivity contribution in [2.75, 3.05) is 6.79 Å². The number of nitrogens with two attached hydrogens (primary N) is 1. The molecule has 0 saturated carbocycles. The maximum atomic E-state index is 12.9. The Bertz CT molecular complexity index is 1100. The Kier molecular flexibility index (Phi) is 6.81. The van der Waals surface area contributed by atoms with Crippen LogP contribution in [0.1, 0.15) is 29.5 Å². The van der Waals surface area contributed by atoms with Gasteiger partial charge in [-0.15, -0.1) is 0 Å². The van der Waals surface area contributed by atoms with Crippen LogP contribution in [-0.4, -0.2) is 33.1 Å². The zero-order valence-electron chi connectivity index (χ0n) is 17.3. The Morgan fingerprint density at radius 1 is 1.10 bits per heavy atom. The molecular weight excluding hydrogens is 422 g/mol. The molecule has 4 N–H and O–H groups in total. The van der Waals surface area contributed by atoms with E-state index in [1.54, 1.807) is 37.3 Å². The van der Waals surface area contributed by atoms with Crippen molar-refractivity contribution in [3.8, 4) is 11.5 Å². The summed E-state index contributed by atoms with van der Waals surface area (Å²) in [5.41, 5.74) is 7.43. The van der Waals surface area contributed by atoms with E-state index in [9.17, 15) is 18.0 Å². The molecule has 1 heterocycles. The fourth-order valence-corrected chi connectivity index (χ4v) is 4.70. The second-order valence-corrected chi connectivity index (χ2v) is 9.04. The highest BCUT2D eigenvalue weighted by atomic mass is 32.2. The molecule has 1 aliphatic rings. The number of hydrogen-bond donors (Lipinski definition) is 3. The Labute approximate surface area is 181 Å². The van der Waals surface area contributed by atoms with Crippen molar-refractivity contribution in [2.45, 2.75) is 44.2 Å². The molecule has 0 aliphatic carbocycles. The minimum Gasteiger partial charge on any atom is -0.454 e. The van der Waals surface area contributed by atoms with Crippen molar-refractivity contribution in [1.82, 2.24) is 10.0 Å². The fourth-order valence-electron chi connectivity index (χ4n) is 3.25. The molecule has 0 fully saturated rings. The molecule has 166 valence electrons. The van der Waals surface area contributed by atoms with E-state index in [0.29, 0.717) is 17.1 Å². The average Bonchev–Trinajstić information content (AvgIpc) is 3.16. The number of hydrogen-bond acceptors (Lipinski definition) is 6. The van der Waals surface area contributed by atoms with Gasteiger partial charge in [-0.05, 0) is 49.6 Å². The van der Waals surface area contributed by atoms with Crippen molar-refractivity contribution in [2.24, 2.45) is 5.73 Å². The molecule has 10 heteroatoms. The van der Waals surface area contributed by atoms with Gasteiger partial charge >= 0.3 is 0 Å². The molecule has 0 radical (unpaired) electrons. The van der Waals surface area contributed by atoms with E-state index in [-0.39, 0.29) is 31.1 Å². The predicted octanol–water partition coefficient (Wildman–Crippen LogP) is 1.26. The van der Waals surface area contributed by atoms with Crippen molar-refractivity contribution in [3.63, 3.8) is 0 Å². The normalized spacial score (nSPS) is 13.6. The van der Waals surface area contributed by atoms with E-state index in [4.69, 9.17) is 15.2 Å². The van der Waals surface area contributed by atoms with Gasteiger partial charge in [0, 0.05) is 13.0 Å². The third kappa shape index (κ3) is 5.74. The Hall–Kier alpha value is -3.11. The number of amides is 2. The molecule has 0 saturated heterocycles. The van der Waals surface area contributed by atoms with E-state index in [1.807, 2.05) is 6.92 Å².